The third-order valence-corrected chi connectivity index (χ3v) is 5.78. The van der Waals surface area contributed by atoms with Crippen molar-refractivity contribution >= 4 is 29.9 Å². The van der Waals surface area contributed by atoms with Gasteiger partial charge in [0.25, 0.3) is 0 Å². The van der Waals surface area contributed by atoms with Gasteiger partial charge in [-0.05, 0) is 48.8 Å². The first-order valence-corrected chi connectivity index (χ1v) is 10.5. The van der Waals surface area contributed by atoms with E-state index in [0.717, 1.165) is 63.8 Å². The highest BCUT2D eigenvalue weighted by molar-refractivity contribution is 14.0. The van der Waals surface area contributed by atoms with Crippen LogP contribution in [-0.2, 0) is 17.6 Å². The van der Waals surface area contributed by atoms with Crippen LogP contribution in [-0.4, -0.2) is 38.8 Å². The molecule has 2 fully saturated rings. The van der Waals surface area contributed by atoms with E-state index < -0.39 is 0 Å². The number of ether oxygens (including phenoxy) is 1. The topological polar surface area (TPSA) is 58.8 Å². The van der Waals surface area contributed by atoms with E-state index in [4.69, 9.17) is 14.1 Å². The molecule has 2 heterocycles. The summed E-state index contributed by atoms with van der Waals surface area (Å²) in [5, 5.41) is 7.02. The van der Waals surface area contributed by atoms with Gasteiger partial charge >= 0.3 is 0 Å². The van der Waals surface area contributed by atoms with Crippen molar-refractivity contribution in [2.45, 2.75) is 32.1 Å². The van der Waals surface area contributed by atoms with Crippen molar-refractivity contribution in [1.82, 2.24) is 10.6 Å². The van der Waals surface area contributed by atoms with E-state index in [0.29, 0.717) is 11.3 Å². The molecule has 0 bridgehead atoms. The van der Waals surface area contributed by atoms with Gasteiger partial charge in [0.2, 0.25) is 0 Å². The highest BCUT2D eigenvalue weighted by Crippen LogP contribution is 2.48. The molecule has 5 nitrogen and oxygen atoms in total. The predicted octanol–water partition coefficient (Wildman–Crippen LogP) is 4.03. The third-order valence-electron chi connectivity index (χ3n) is 5.78. The largest absolute Gasteiger partial charge is 0.469 e. The van der Waals surface area contributed by atoms with Crippen molar-refractivity contribution in [2.24, 2.45) is 16.3 Å². The molecule has 1 unspecified atom stereocenters. The van der Waals surface area contributed by atoms with Crippen molar-refractivity contribution in [2.75, 3.05) is 32.8 Å². The van der Waals surface area contributed by atoms with E-state index in [-0.39, 0.29) is 24.0 Å². The van der Waals surface area contributed by atoms with Crippen LogP contribution < -0.4 is 10.6 Å². The number of benzene rings is 1. The minimum atomic E-state index is 0. The average Bonchev–Trinajstić information content (AvgIpc) is 3.12. The summed E-state index contributed by atoms with van der Waals surface area (Å²) in [4.78, 5) is 4.96. The average molecular weight is 509 g/mol. The Bertz CT molecular complexity index is 739. The minimum Gasteiger partial charge on any atom is -0.469 e. The van der Waals surface area contributed by atoms with Gasteiger partial charge in [-0.2, -0.15) is 0 Å². The second kappa shape index (κ2) is 11.0. The molecule has 6 heteroatoms. The Morgan fingerprint density at radius 1 is 1.10 bits per heavy atom. The van der Waals surface area contributed by atoms with Crippen molar-refractivity contribution in [3.05, 3.63) is 60.1 Å². The van der Waals surface area contributed by atoms with E-state index >= 15 is 0 Å². The number of furan rings is 1. The maximum absolute atomic E-state index is 5.50. The number of nitrogens with one attached hydrogen (secondary N) is 2. The van der Waals surface area contributed by atoms with E-state index in [1.54, 1.807) is 6.26 Å². The van der Waals surface area contributed by atoms with Crippen LogP contribution >= 0.6 is 24.0 Å². The molecule has 158 valence electrons. The van der Waals surface area contributed by atoms with Gasteiger partial charge in [0.15, 0.2) is 5.96 Å². The molecule has 1 aliphatic carbocycles. The number of hydrogen-bond donors (Lipinski definition) is 2. The van der Waals surface area contributed by atoms with Crippen LogP contribution in [0.4, 0.5) is 0 Å². The lowest BCUT2D eigenvalue weighted by Gasteiger charge is -2.17. The van der Waals surface area contributed by atoms with E-state index in [2.05, 4.69) is 41.0 Å². The second-order valence-corrected chi connectivity index (χ2v) is 8.19. The number of halogens is 1. The number of rotatable bonds is 9. The molecule has 2 aromatic rings. The summed E-state index contributed by atoms with van der Waals surface area (Å²) in [6.45, 7) is 4.33. The molecule has 2 aliphatic rings. The Balaban J connectivity index is 0.00000240. The number of hydrogen-bond acceptors (Lipinski definition) is 3. The summed E-state index contributed by atoms with van der Waals surface area (Å²) < 4.78 is 10.9. The Hall–Kier alpha value is -1.54. The lowest BCUT2D eigenvalue weighted by atomic mass is 9.97. The van der Waals surface area contributed by atoms with Crippen LogP contribution in [0.2, 0.25) is 0 Å². The van der Waals surface area contributed by atoms with Gasteiger partial charge in [0, 0.05) is 38.6 Å². The van der Waals surface area contributed by atoms with Gasteiger partial charge in [-0.3, -0.25) is 4.99 Å². The lowest BCUT2D eigenvalue weighted by Crippen LogP contribution is -2.41. The molecule has 0 radical (unpaired) electrons. The van der Waals surface area contributed by atoms with Crippen molar-refractivity contribution < 1.29 is 9.15 Å². The van der Waals surface area contributed by atoms with Crippen molar-refractivity contribution in [3.8, 4) is 0 Å². The summed E-state index contributed by atoms with van der Waals surface area (Å²) in [5.41, 5.74) is 1.76. The van der Waals surface area contributed by atoms with E-state index in [1.165, 1.54) is 18.4 Å². The Morgan fingerprint density at radius 2 is 1.97 bits per heavy atom. The molecular weight excluding hydrogens is 477 g/mol. The molecule has 0 spiro atoms. The first-order valence-electron chi connectivity index (χ1n) is 10.5. The summed E-state index contributed by atoms with van der Waals surface area (Å²) in [6.07, 6.45) is 7.36. The first-order chi connectivity index (χ1) is 13.8. The quantitative estimate of drug-likeness (QED) is 0.305. The molecule has 1 saturated carbocycles. The van der Waals surface area contributed by atoms with Gasteiger partial charge < -0.3 is 19.8 Å². The fourth-order valence-electron chi connectivity index (χ4n) is 3.76. The van der Waals surface area contributed by atoms with Crippen LogP contribution in [0.5, 0.6) is 0 Å². The summed E-state index contributed by atoms with van der Waals surface area (Å²) in [7, 11) is 0. The number of nitrogens with zero attached hydrogens (tertiary/aromatic N) is 1. The minimum absolute atomic E-state index is 0. The molecule has 0 amide bonds. The molecule has 1 aromatic heterocycles. The zero-order chi connectivity index (χ0) is 19.1. The second-order valence-electron chi connectivity index (χ2n) is 8.19. The molecule has 4 rings (SSSR count). The highest BCUT2D eigenvalue weighted by atomic mass is 127. The van der Waals surface area contributed by atoms with Gasteiger partial charge in [-0.15, -0.1) is 24.0 Å². The monoisotopic (exact) mass is 509 g/mol. The smallest absolute Gasteiger partial charge is 0.191 e. The van der Waals surface area contributed by atoms with Gasteiger partial charge in [-0.25, -0.2) is 0 Å². The fourth-order valence-corrected chi connectivity index (χ4v) is 3.76. The molecule has 29 heavy (non-hydrogen) atoms. The predicted molar refractivity (Wildman–Crippen MR) is 127 cm³/mol. The van der Waals surface area contributed by atoms with Crippen LogP contribution in [0.3, 0.4) is 0 Å². The molecule has 1 aliphatic heterocycles. The zero-order valence-electron chi connectivity index (χ0n) is 16.9. The summed E-state index contributed by atoms with van der Waals surface area (Å²) in [5.74, 6) is 2.49. The van der Waals surface area contributed by atoms with Crippen LogP contribution in [0, 0.1) is 11.3 Å². The highest BCUT2D eigenvalue weighted by Gasteiger charge is 2.42. The molecule has 1 aromatic carbocycles. The maximum atomic E-state index is 5.50. The number of aliphatic imine (C=N–C) groups is 1. The summed E-state index contributed by atoms with van der Waals surface area (Å²) >= 11 is 0. The van der Waals surface area contributed by atoms with Gasteiger partial charge in [-0.1, -0.05) is 30.3 Å². The maximum Gasteiger partial charge on any atom is 0.191 e. The normalized spacial score (nSPS) is 20.1. The molecule has 2 N–H and O–H groups in total. The van der Waals surface area contributed by atoms with E-state index in [1.807, 2.05) is 12.1 Å². The van der Waals surface area contributed by atoms with Gasteiger partial charge in [0.1, 0.15) is 5.76 Å². The number of guanidine groups is 1. The SMILES string of the molecule is I.c1ccc(CC2(CN=C(NCCc3ccco3)NCC3CCOC3)CC2)cc1. The van der Waals surface area contributed by atoms with Crippen molar-refractivity contribution in [1.29, 1.82) is 0 Å². The lowest BCUT2D eigenvalue weighted by molar-refractivity contribution is 0.186. The van der Waals surface area contributed by atoms with Crippen molar-refractivity contribution in [3.63, 3.8) is 0 Å². The van der Waals surface area contributed by atoms with E-state index in [9.17, 15) is 0 Å². The standard InChI is InChI=1S/C23H31N3O2.HI/c1-2-5-19(6-3-1)15-23(10-11-23)18-26-22(25-16-20-9-14-27-17-20)24-12-8-21-7-4-13-28-21;/h1-7,13,20H,8-12,14-18H2,(H2,24,25,26);1H. The Labute approximate surface area is 190 Å². The Morgan fingerprint density at radius 3 is 2.66 bits per heavy atom. The van der Waals surface area contributed by atoms with Crippen LogP contribution in [0.15, 0.2) is 58.1 Å². The summed E-state index contributed by atoms with van der Waals surface area (Å²) in [6, 6.07) is 14.7. The Kier molecular flexibility index (Phi) is 8.41. The zero-order valence-corrected chi connectivity index (χ0v) is 19.3. The fraction of sp³-hybridized carbons (Fsp3) is 0.522. The molecule has 1 atom stereocenters. The van der Waals surface area contributed by atoms with Crippen LogP contribution in [0.25, 0.3) is 0 Å². The first kappa shape index (κ1) is 22.2. The molecular formula is C23H32IN3O2. The third kappa shape index (κ3) is 7.03. The van der Waals surface area contributed by atoms with Crippen LogP contribution in [0.1, 0.15) is 30.6 Å². The van der Waals surface area contributed by atoms with Gasteiger partial charge in [0.05, 0.1) is 12.9 Å². The molecule has 1 saturated heterocycles.